The minimum atomic E-state index is -4.90. The van der Waals surface area contributed by atoms with Crippen LogP contribution in [0.5, 0.6) is 0 Å². The number of methoxy groups -OCH3 is 1. The smallest absolute Gasteiger partial charge is 0.444 e. The average molecular weight is 799 g/mol. The molecule has 0 bridgehead atoms. The molecule has 12 N–H and O–H groups in total. The van der Waals surface area contributed by atoms with Gasteiger partial charge in [0, 0.05) is 13.7 Å². The molecular formula is C28H51N2O22P. The van der Waals surface area contributed by atoms with E-state index in [1.807, 2.05) is 0 Å². The van der Waals surface area contributed by atoms with E-state index in [9.17, 15) is 65.0 Å². The minimum Gasteiger partial charge on any atom is -0.444 e. The number of carbonyl (C=O) groups is 2. The molecule has 0 aromatic heterocycles. The molecule has 0 saturated carbocycles. The predicted octanol–water partition coefficient (Wildman–Crippen LogP) is -6.14. The number of alkyl carbamates (subject to hydrolysis) is 1. The van der Waals surface area contributed by atoms with Gasteiger partial charge in [0.2, 0.25) is 5.91 Å². The Morgan fingerprint density at radius 2 is 1.26 bits per heavy atom. The third-order valence-electron chi connectivity index (χ3n) is 7.98. The second-order valence-electron chi connectivity index (χ2n) is 13.2. The van der Waals surface area contributed by atoms with Crippen molar-refractivity contribution < 1.29 is 107 Å². The van der Waals surface area contributed by atoms with Crippen LogP contribution >= 0.6 is 7.82 Å². The standard InChI is InChI=1S/C28H51N2O22P/c1-28(2,3)52-27(41)30-7-14(32)29-5-6-46-53(42,43)47-10-13-17(35)19(37)22(40)25(50-13)51-23-20(38)15(33)11(8-31)48-26(23)45-9-12-16(34)18(36)21(39)24(44-4)49-12/h11-13,15-26,31,33-40H,5-10H2,1-4H3,(H,29,32)(H,30,41)(H,42,43)/t11-,12-,13-,15-,16-,17-,18+,19+,20+,21+,22+,23+,24+,25-,26+/m1/s1. The predicted molar refractivity (Wildman–Crippen MR) is 168 cm³/mol. The molecule has 16 atom stereocenters. The quantitative estimate of drug-likeness (QED) is 0.0510. The first-order valence-corrected chi connectivity index (χ1v) is 17.9. The van der Waals surface area contributed by atoms with Gasteiger partial charge in [-0.15, -0.1) is 0 Å². The van der Waals surface area contributed by atoms with Gasteiger partial charge in [0.05, 0.1) is 33.0 Å². The van der Waals surface area contributed by atoms with Gasteiger partial charge in [-0.2, -0.15) is 0 Å². The summed E-state index contributed by atoms with van der Waals surface area (Å²) in [6.45, 7) is 1.18. The van der Waals surface area contributed by atoms with E-state index in [-0.39, 0.29) is 6.54 Å². The zero-order valence-corrected chi connectivity index (χ0v) is 30.1. The Labute approximate surface area is 303 Å². The highest BCUT2D eigenvalue weighted by Gasteiger charge is 2.52. The molecule has 0 aliphatic carbocycles. The third-order valence-corrected chi connectivity index (χ3v) is 8.97. The Morgan fingerprint density at radius 3 is 1.85 bits per heavy atom. The molecule has 24 nitrogen and oxygen atoms in total. The number of phosphoric ester groups is 1. The van der Waals surface area contributed by atoms with E-state index in [0.717, 1.165) is 0 Å². The molecule has 53 heavy (non-hydrogen) atoms. The molecule has 0 aromatic carbocycles. The summed E-state index contributed by atoms with van der Waals surface area (Å²) in [5.74, 6) is -0.677. The number of aliphatic hydroxyl groups excluding tert-OH is 9. The van der Waals surface area contributed by atoms with E-state index < -0.39 is 151 Å². The number of nitrogens with one attached hydrogen (secondary N) is 2. The number of rotatable bonds is 16. The Bertz CT molecular complexity index is 1210. The van der Waals surface area contributed by atoms with Crippen molar-refractivity contribution in [2.45, 2.75) is 118 Å². The van der Waals surface area contributed by atoms with E-state index in [4.69, 9.17) is 42.2 Å². The van der Waals surface area contributed by atoms with Crippen LogP contribution in [0.4, 0.5) is 4.79 Å². The van der Waals surface area contributed by atoms with Crippen LogP contribution in [0.3, 0.4) is 0 Å². The van der Waals surface area contributed by atoms with E-state index in [2.05, 4.69) is 10.6 Å². The Hall–Kier alpha value is -1.75. The lowest BCUT2D eigenvalue weighted by atomic mass is 9.97. The highest BCUT2D eigenvalue weighted by Crippen LogP contribution is 2.43. The van der Waals surface area contributed by atoms with Crippen molar-refractivity contribution in [3.05, 3.63) is 0 Å². The maximum Gasteiger partial charge on any atom is 0.472 e. The molecule has 0 aromatic rings. The summed E-state index contributed by atoms with van der Waals surface area (Å²) in [6, 6.07) is 0. The van der Waals surface area contributed by atoms with Crippen molar-refractivity contribution in [2.75, 3.05) is 46.6 Å². The number of phosphoric acid groups is 1. The van der Waals surface area contributed by atoms with Crippen LogP contribution in [-0.2, 0) is 51.6 Å². The molecule has 0 radical (unpaired) electrons. The van der Waals surface area contributed by atoms with Crippen molar-refractivity contribution in [2.24, 2.45) is 0 Å². The van der Waals surface area contributed by atoms with E-state index in [0.29, 0.717) is 0 Å². The molecule has 310 valence electrons. The number of amides is 2. The highest BCUT2D eigenvalue weighted by atomic mass is 31.2. The van der Waals surface area contributed by atoms with Gasteiger partial charge in [0.25, 0.3) is 0 Å². The second-order valence-corrected chi connectivity index (χ2v) is 14.7. The van der Waals surface area contributed by atoms with Gasteiger partial charge in [0.15, 0.2) is 18.9 Å². The Kier molecular flexibility index (Phi) is 17.1. The van der Waals surface area contributed by atoms with Gasteiger partial charge in [0.1, 0.15) is 78.8 Å². The van der Waals surface area contributed by atoms with Gasteiger partial charge in [-0.05, 0) is 20.8 Å². The number of carbonyl (C=O) groups excluding carboxylic acids is 2. The molecule has 3 aliphatic rings. The summed E-state index contributed by atoms with van der Waals surface area (Å²) in [4.78, 5) is 33.6. The summed E-state index contributed by atoms with van der Waals surface area (Å²) < 4.78 is 59.6. The lowest BCUT2D eigenvalue weighted by Gasteiger charge is -2.46. The fraction of sp³-hybridized carbons (Fsp3) is 0.929. The van der Waals surface area contributed by atoms with Crippen molar-refractivity contribution in [3.8, 4) is 0 Å². The molecule has 2 amide bonds. The van der Waals surface area contributed by atoms with Gasteiger partial charge in [-0.3, -0.25) is 13.8 Å². The molecule has 3 rings (SSSR count). The lowest BCUT2D eigenvalue weighted by molar-refractivity contribution is -0.372. The van der Waals surface area contributed by atoms with Gasteiger partial charge in [-0.25, -0.2) is 9.36 Å². The van der Waals surface area contributed by atoms with Crippen molar-refractivity contribution in [3.63, 3.8) is 0 Å². The van der Waals surface area contributed by atoms with Crippen molar-refractivity contribution in [1.82, 2.24) is 10.6 Å². The number of hydrogen-bond donors (Lipinski definition) is 12. The van der Waals surface area contributed by atoms with Gasteiger partial charge in [-0.1, -0.05) is 0 Å². The first-order valence-electron chi connectivity index (χ1n) is 16.4. The summed E-state index contributed by atoms with van der Waals surface area (Å²) in [6.07, 6.45) is -27.0. The van der Waals surface area contributed by atoms with Crippen LogP contribution < -0.4 is 10.6 Å². The van der Waals surface area contributed by atoms with Crippen LogP contribution in [0, 0.1) is 0 Å². The van der Waals surface area contributed by atoms with Crippen LogP contribution in [-0.4, -0.2) is 207 Å². The summed E-state index contributed by atoms with van der Waals surface area (Å²) in [5, 5.41) is 97.7. The molecule has 0 spiro atoms. The van der Waals surface area contributed by atoms with Crippen LogP contribution in [0.1, 0.15) is 20.8 Å². The molecular weight excluding hydrogens is 747 g/mol. The first-order chi connectivity index (χ1) is 24.7. The minimum absolute atomic E-state index is 0.300. The van der Waals surface area contributed by atoms with E-state index >= 15 is 0 Å². The first kappa shape index (κ1) is 45.6. The molecule has 3 aliphatic heterocycles. The van der Waals surface area contributed by atoms with Crippen molar-refractivity contribution >= 4 is 19.8 Å². The zero-order valence-electron chi connectivity index (χ0n) is 29.2. The molecule has 3 saturated heterocycles. The Balaban J connectivity index is 1.58. The number of ether oxygens (including phenoxy) is 7. The summed E-state index contributed by atoms with van der Waals surface area (Å²) in [5.41, 5.74) is -0.786. The lowest BCUT2D eigenvalue weighted by Crippen LogP contribution is -2.65. The zero-order chi connectivity index (χ0) is 39.8. The average Bonchev–Trinajstić information content (AvgIpc) is 3.09. The van der Waals surface area contributed by atoms with E-state index in [1.165, 1.54) is 7.11 Å². The highest BCUT2D eigenvalue weighted by molar-refractivity contribution is 7.47. The maximum absolute atomic E-state index is 12.4. The molecule has 3 heterocycles. The number of aliphatic hydroxyl groups is 9. The molecule has 25 heteroatoms. The van der Waals surface area contributed by atoms with Crippen molar-refractivity contribution in [1.29, 1.82) is 0 Å². The van der Waals surface area contributed by atoms with Gasteiger partial charge >= 0.3 is 13.9 Å². The fourth-order valence-electron chi connectivity index (χ4n) is 5.18. The largest absolute Gasteiger partial charge is 0.472 e. The van der Waals surface area contributed by atoms with Crippen LogP contribution in [0.25, 0.3) is 0 Å². The summed E-state index contributed by atoms with van der Waals surface area (Å²) >= 11 is 0. The third kappa shape index (κ3) is 12.9. The van der Waals surface area contributed by atoms with Crippen LogP contribution in [0.15, 0.2) is 0 Å². The van der Waals surface area contributed by atoms with E-state index in [1.54, 1.807) is 20.8 Å². The SMILES string of the molecule is CO[C@H]1O[C@H](CO[C@H]2O[C@H](CO)[C@@H](O)[C@H](O)[C@@H]2O[C@H]2O[C@H](COP(=O)(O)OCCNC(=O)CNC(=O)OC(C)(C)C)[C@@H](O)[C@H](O)[C@@H]2O)[C@@H](O)[C@H](O)[C@@H]1O. The second kappa shape index (κ2) is 19.9. The maximum atomic E-state index is 12.4. The Morgan fingerprint density at radius 1 is 0.717 bits per heavy atom. The topological polar surface area (TPSA) is 361 Å². The number of hydrogen-bond acceptors (Lipinski definition) is 21. The summed E-state index contributed by atoms with van der Waals surface area (Å²) in [7, 11) is -3.73. The van der Waals surface area contributed by atoms with Crippen LogP contribution in [0.2, 0.25) is 0 Å². The monoisotopic (exact) mass is 798 g/mol. The molecule has 1 unspecified atom stereocenters. The normalized spacial score (nSPS) is 39.2. The molecule has 3 fully saturated rings. The van der Waals surface area contributed by atoms with Gasteiger partial charge < -0.3 is 94.6 Å². The fourth-order valence-corrected chi connectivity index (χ4v) is 5.91.